The molecule has 0 saturated heterocycles. The number of hydrogen-bond acceptors (Lipinski definition) is 2. The van der Waals surface area contributed by atoms with Crippen LogP contribution in [0.2, 0.25) is 0 Å². The van der Waals surface area contributed by atoms with E-state index in [4.69, 9.17) is 16.2 Å². The van der Waals surface area contributed by atoms with Gasteiger partial charge in [-0.2, -0.15) is 0 Å². The summed E-state index contributed by atoms with van der Waals surface area (Å²) >= 11 is 9.96. The fourth-order valence-electron chi connectivity index (χ4n) is 0.937. The molecule has 13 heavy (non-hydrogen) atoms. The second-order valence-corrected chi connectivity index (χ2v) is 5.71. The molecule has 1 aromatic rings. The second-order valence-electron chi connectivity index (χ2n) is 2.56. The van der Waals surface area contributed by atoms with Gasteiger partial charge < -0.3 is 4.55 Å². The summed E-state index contributed by atoms with van der Waals surface area (Å²) < 4.78 is 20.0. The van der Waals surface area contributed by atoms with E-state index >= 15 is 0 Å². The minimum atomic E-state index is -3.23. The van der Waals surface area contributed by atoms with Crippen LogP contribution in [-0.4, -0.2) is 14.6 Å². The molecule has 0 aliphatic rings. The van der Waals surface area contributed by atoms with Gasteiger partial charge in [0.15, 0.2) is 8.77 Å². The fraction of sp³-hybridized carbons (Fsp3) is 0.250. The zero-order valence-electron chi connectivity index (χ0n) is 6.77. The molecule has 0 heterocycles. The monoisotopic (exact) mass is 236 g/mol. The fourth-order valence-corrected chi connectivity index (χ4v) is 1.97. The Bertz CT molecular complexity index is 370. The highest BCUT2D eigenvalue weighted by atomic mass is 35.5. The van der Waals surface area contributed by atoms with E-state index in [2.05, 4.69) is 11.2 Å². The number of benzene rings is 1. The van der Waals surface area contributed by atoms with Crippen molar-refractivity contribution in [3.8, 4) is 0 Å². The Morgan fingerprint density at radius 3 is 2.31 bits per heavy atom. The number of alkyl halides is 1. The van der Waals surface area contributed by atoms with E-state index in [-0.39, 0.29) is 4.90 Å². The molecule has 0 aromatic heterocycles. The van der Waals surface area contributed by atoms with Crippen molar-refractivity contribution in [2.75, 3.05) is 5.88 Å². The predicted molar refractivity (Wildman–Crippen MR) is 57.3 cm³/mol. The maximum absolute atomic E-state index is 11.0. The summed E-state index contributed by atoms with van der Waals surface area (Å²) in [6, 6.07) is 6.66. The average molecular weight is 237 g/mol. The first-order valence-corrected chi connectivity index (χ1v) is 6.64. The van der Waals surface area contributed by atoms with Crippen LogP contribution in [0.5, 0.6) is 0 Å². The van der Waals surface area contributed by atoms with Gasteiger partial charge >= 0.3 is 0 Å². The molecule has 0 spiro atoms. The van der Waals surface area contributed by atoms with Gasteiger partial charge in [0.05, 0.1) is 4.90 Å². The van der Waals surface area contributed by atoms with Gasteiger partial charge in [-0.25, -0.2) is 4.21 Å². The largest absolute Gasteiger partial charge is 0.302 e. The van der Waals surface area contributed by atoms with Crippen LogP contribution in [0.1, 0.15) is 5.56 Å². The Hall–Kier alpha value is -0.160. The standard InChI is InChI=1S/C8H9ClO2S2/c9-6-5-7-1-3-8(4-2-7)13(10,11)12/h1-4H,5-6H2,(H,10,11,12). The lowest BCUT2D eigenvalue weighted by Gasteiger charge is -2.01. The third kappa shape index (κ3) is 3.23. The lowest BCUT2D eigenvalue weighted by molar-refractivity contribution is 0.561. The molecule has 0 saturated carbocycles. The van der Waals surface area contributed by atoms with Crippen LogP contribution >= 0.6 is 11.6 Å². The second kappa shape index (κ2) is 4.37. The maximum atomic E-state index is 11.0. The van der Waals surface area contributed by atoms with Crippen molar-refractivity contribution in [1.82, 2.24) is 0 Å². The van der Waals surface area contributed by atoms with Gasteiger partial charge in [0, 0.05) is 17.1 Å². The summed E-state index contributed by atoms with van der Waals surface area (Å²) in [4.78, 5) is 0.279. The number of halogens is 1. The van der Waals surface area contributed by atoms with Crippen molar-refractivity contribution < 1.29 is 8.76 Å². The van der Waals surface area contributed by atoms with Gasteiger partial charge in [0.25, 0.3) is 0 Å². The first kappa shape index (κ1) is 10.9. The Labute approximate surface area is 87.4 Å². The molecule has 5 heteroatoms. The zero-order valence-corrected chi connectivity index (χ0v) is 9.16. The molecule has 2 nitrogen and oxygen atoms in total. The van der Waals surface area contributed by atoms with Gasteiger partial charge in [-0.15, -0.1) is 11.6 Å². The summed E-state index contributed by atoms with van der Waals surface area (Å²) in [6.07, 6.45) is 0.756. The molecule has 0 aliphatic heterocycles. The molecule has 1 unspecified atom stereocenters. The molecule has 0 bridgehead atoms. The predicted octanol–water partition coefficient (Wildman–Crippen LogP) is 2.05. The van der Waals surface area contributed by atoms with Crippen molar-refractivity contribution in [3.05, 3.63) is 29.8 Å². The van der Waals surface area contributed by atoms with E-state index in [1.54, 1.807) is 24.3 Å². The first-order chi connectivity index (χ1) is 6.04. The van der Waals surface area contributed by atoms with E-state index < -0.39 is 8.77 Å². The molecule has 1 N–H and O–H groups in total. The summed E-state index contributed by atoms with van der Waals surface area (Å²) in [5, 5.41) is 0. The quantitative estimate of drug-likeness (QED) is 0.817. The van der Waals surface area contributed by atoms with E-state index in [9.17, 15) is 4.21 Å². The molecule has 0 fully saturated rings. The third-order valence-electron chi connectivity index (χ3n) is 1.60. The van der Waals surface area contributed by atoms with Gasteiger partial charge in [0.2, 0.25) is 0 Å². The van der Waals surface area contributed by atoms with Gasteiger partial charge in [0.1, 0.15) is 0 Å². The summed E-state index contributed by atoms with van der Waals surface area (Å²) in [5.74, 6) is 0.543. The van der Waals surface area contributed by atoms with Crippen LogP contribution in [0.15, 0.2) is 29.2 Å². The normalized spacial score (nSPS) is 15.2. The van der Waals surface area contributed by atoms with Crippen molar-refractivity contribution in [1.29, 1.82) is 0 Å². The van der Waals surface area contributed by atoms with Gasteiger partial charge in [-0.3, -0.25) is 0 Å². The number of hydrogen-bond donors (Lipinski definition) is 1. The Kier molecular flexibility index (Phi) is 3.67. The van der Waals surface area contributed by atoms with Crippen LogP contribution in [0.25, 0.3) is 0 Å². The highest BCUT2D eigenvalue weighted by Crippen LogP contribution is 2.11. The molecule has 72 valence electrons. The lowest BCUT2D eigenvalue weighted by Crippen LogP contribution is -1.96. The number of aryl methyl sites for hydroxylation is 1. The molecular formula is C8H9ClO2S2. The molecule has 1 aromatic carbocycles. The van der Waals surface area contributed by atoms with Crippen molar-refractivity contribution >= 4 is 31.6 Å². The Morgan fingerprint density at radius 1 is 1.38 bits per heavy atom. The van der Waals surface area contributed by atoms with Crippen molar-refractivity contribution in [2.45, 2.75) is 11.3 Å². The Morgan fingerprint density at radius 2 is 1.92 bits per heavy atom. The number of rotatable bonds is 3. The average Bonchev–Trinajstić information content (AvgIpc) is 2.04. The minimum absolute atomic E-state index is 0.279. The SMILES string of the molecule is O=S(O)(=S)c1ccc(CCCl)cc1. The highest BCUT2D eigenvalue weighted by molar-refractivity contribution is 8.29. The van der Waals surface area contributed by atoms with Crippen molar-refractivity contribution in [3.63, 3.8) is 0 Å². The van der Waals surface area contributed by atoms with Gasteiger partial charge in [-0.1, -0.05) is 12.1 Å². The van der Waals surface area contributed by atoms with E-state index in [0.29, 0.717) is 5.88 Å². The molecule has 1 rings (SSSR count). The van der Waals surface area contributed by atoms with Crippen LogP contribution in [0.3, 0.4) is 0 Å². The van der Waals surface area contributed by atoms with Crippen LogP contribution < -0.4 is 0 Å². The van der Waals surface area contributed by atoms with Crippen LogP contribution in [0, 0.1) is 0 Å². The third-order valence-corrected chi connectivity index (χ3v) is 3.24. The van der Waals surface area contributed by atoms with Crippen LogP contribution in [-0.2, 0) is 26.4 Å². The topological polar surface area (TPSA) is 37.3 Å². The Balaban J connectivity index is 2.94. The summed E-state index contributed by atoms with van der Waals surface area (Å²) in [7, 11) is -3.23. The van der Waals surface area contributed by atoms with Gasteiger partial charge in [-0.05, 0) is 24.1 Å². The lowest BCUT2D eigenvalue weighted by atomic mass is 10.2. The molecule has 0 aliphatic carbocycles. The highest BCUT2D eigenvalue weighted by Gasteiger charge is 2.03. The summed E-state index contributed by atoms with van der Waals surface area (Å²) in [5.41, 5.74) is 1.04. The maximum Gasteiger partial charge on any atom is 0.171 e. The summed E-state index contributed by atoms with van der Waals surface area (Å²) in [6.45, 7) is 0. The molecule has 0 amide bonds. The molecular weight excluding hydrogens is 228 g/mol. The minimum Gasteiger partial charge on any atom is -0.302 e. The first-order valence-electron chi connectivity index (χ1n) is 3.66. The molecule has 0 radical (unpaired) electrons. The molecule has 1 atom stereocenters. The zero-order chi connectivity index (χ0) is 9.90. The van der Waals surface area contributed by atoms with E-state index in [0.717, 1.165) is 12.0 Å². The smallest absolute Gasteiger partial charge is 0.171 e. The van der Waals surface area contributed by atoms with Crippen molar-refractivity contribution in [2.24, 2.45) is 0 Å². The van der Waals surface area contributed by atoms with Crippen LogP contribution in [0.4, 0.5) is 0 Å². The van der Waals surface area contributed by atoms with E-state index in [1.807, 2.05) is 0 Å². The van der Waals surface area contributed by atoms with E-state index in [1.165, 1.54) is 0 Å².